The molecule has 0 amide bonds. The number of hydrogen-bond acceptors (Lipinski definition) is 6. The lowest BCUT2D eigenvalue weighted by molar-refractivity contribution is 0.352. The molecule has 2 aliphatic rings. The van der Waals surface area contributed by atoms with Gasteiger partial charge >= 0.3 is 0 Å². The molecule has 19 heavy (non-hydrogen) atoms. The van der Waals surface area contributed by atoms with Gasteiger partial charge in [-0.05, 0) is 0 Å². The highest BCUT2D eigenvalue weighted by molar-refractivity contribution is 7.79. The van der Waals surface area contributed by atoms with E-state index in [1.807, 2.05) is 48.4 Å². The van der Waals surface area contributed by atoms with Gasteiger partial charge in [-0.1, -0.05) is 0 Å². The molecule has 0 unspecified atom stereocenters. The largest absolute Gasteiger partial charge is 0.759 e. The molecule has 0 aromatic rings. The van der Waals surface area contributed by atoms with E-state index in [1.54, 1.807) is 0 Å². The lowest BCUT2D eigenvalue weighted by atomic mass is 10.1. The summed E-state index contributed by atoms with van der Waals surface area (Å²) < 4.78 is 34.1. The van der Waals surface area contributed by atoms with Crippen LogP contribution < -0.4 is 0 Å². The van der Waals surface area contributed by atoms with Crippen LogP contribution in [0.25, 0.3) is 0 Å². The lowest BCUT2D eigenvalue weighted by Crippen LogP contribution is -2.07. The zero-order valence-electron chi connectivity index (χ0n) is 10.4. The first kappa shape index (κ1) is 15.0. The van der Waals surface area contributed by atoms with Crippen molar-refractivity contribution in [2.75, 3.05) is 14.1 Å². The fourth-order valence-electron chi connectivity index (χ4n) is 1.27. The molecule has 100 valence electrons. The number of allylic oxidation sites excluding steroid dienone is 6. The summed E-state index contributed by atoms with van der Waals surface area (Å²) in [4.78, 5) is 3.80. The molecule has 0 aliphatic carbocycles. The molecule has 0 N–H and O–H groups in total. The summed E-state index contributed by atoms with van der Waals surface area (Å²) in [5, 5.41) is 0. The van der Waals surface area contributed by atoms with Crippen molar-refractivity contribution < 1.29 is 17.5 Å². The van der Waals surface area contributed by atoms with Crippen molar-refractivity contribution in [1.29, 1.82) is 0 Å². The Morgan fingerprint density at radius 2 is 1.26 bits per heavy atom. The van der Waals surface area contributed by atoms with E-state index < -0.39 is 10.4 Å². The van der Waals surface area contributed by atoms with Crippen LogP contribution in [-0.2, 0) is 10.4 Å². The van der Waals surface area contributed by atoms with E-state index in [0.29, 0.717) is 0 Å². The van der Waals surface area contributed by atoms with E-state index in [9.17, 15) is 0 Å². The molecular formula is C12H12N2O4S. The third-order valence-corrected chi connectivity index (χ3v) is 2.14. The summed E-state index contributed by atoms with van der Waals surface area (Å²) in [5.74, 6) is 0. The van der Waals surface area contributed by atoms with Crippen molar-refractivity contribution >= 4 is 10.4 Å². The van der Waals surface area contributed by atoms with Gasteiger partial charge < -0.3 is 9.11 Å². The molecule has 0 radical (unpaired) electrons. The Morgan fingerprint density at radius 1 is 0.947 bits per heavy atom. The minimum absolute atomic E-state index is 1.17. The Morgan fingerprint density at radius 3 is 1.47 bits per heavy atom. The molecule has 0 aromatic heterocycles. The average molecular weight is 280 g/mol. The van der Waals surface area contributed by atoms with Crippen molar-refractivity contribution in [1.82, 2.24) is 9.80 Å². The molecule has 2 aliphatic heterocycles. The molecule has 2 heterocycles. The monoisotopic (exact) mass is 280 g/mol. The maximum Gasteiger partial charge on any atom is 0.153 e. The predicted octanol–water partition coefficient (Wildman–Crippen LogP) is 0.497. The van der Waals surface area contributed by atoms with Crippen molar-refractivity contribution in [2.45, 2.75) is 0 Å². The highest BCUT2D eigenvalue weighted by Crippen LogP contribution is 2.17. The van der Waals surface area contributed by atoms with Crippen molar-refractivity contribution in [3.63, 3.8) is 0 Å². The van der Waals surface area contributed by atoms with Gasteiger partial charge in [0, 0.05) is 24.5 Å². The second kappa shape index (κ2) is 6.24. The zero-order valence-corrected chi connectivity index (χ0v) is 11.2. The van der Waals surface area contributed by atoms with Gasteiger partial charge in [0.05, 0.1) is 12.2 Å². The van der Waals surface area contributed by atoms with Crippen molar-refractivity contribution in [3.8, 4) is 0 Å². The Kier molecular flexibility index (Phi) is 4.94. The molecule has 0 atom stereocenters. The SMILES string of the molecule is CN1[C+]=CC(=C2C=[C+]N(C)C=C2)C=C1.O=S(=O)([O-])[O-]. The Labute approximate surface area is 112 Å². The Balaban J connectivity index is 0.000000312. The van der Waals surface area contributed by atoms with Crippen LogP contribution in [0, 0.1) is 12.4 Å². The number of nitrogens with zero attached hydrogens (tertiary/aromatic N) is 2. The van der Waals surface area contributed by atoms with Gasteiger partial charge in [0.2, 0.25) is 0 Å². The second-order valence-corrected chi connectivity index (χ2v) is 4.54. The Bertz CT molecular complexity index is 495. The molecule has 0 saturated carbocycles. The average Bonchev–Trinajstić information content (AvgIpc) is 2.29. The van der Waals surface area contributed by atoms with Crippen LogP contribution in [0.1, 0.15) is 0 Å². The summed E-state index contributed by atoms with van der Waals surface area (Å²) in [6.07, 6.45) is 18.3. The first-order chi connectivity index (χ1) is 8.75. The van der Waals surface area contributed by atoms with Crippen LogP contribution >= 0.6 is 0 Å². The molecule has 0 fully saturated rings. The van der Waals surface area contributed by atoms with E-state index >= 15 is 0 Å². The van der Waals surface area contributed by atoms with E-state index in [4.69, 9.17) is 17.5 Å². The van der Waals surface area contributed by atoms with Crippen LogP contribution in [0.2, 0.25) is 0 Å². The number of rotatable bonds is 0. The van der Waals surface area contributed by atoms with Crippen LogP contribution in [0.3, 0.4) is 0 Å². The maximum absolute atomic E-state index is 8.52. The third-order valence-electron chi connectivity index (χ3n) is 2.14. The summed E-state index contributed by atoms with van der Waals surface area (Å²) in [5.41, 5.74) is 2.33. The lowest BCUT2D eigenvalue weighted by Gasteiger charge is -2.06. The van der Waals surface area contributed by atoms with E-state index in [2.05, 4.69) is 24.6 Å². The second-order valence-electron chi connectivity index (χ2n) is 3.72. The van der Waals surface area contributed by atoms with Crippen LogP contribution in [0.4, 0.5) is 0 Å². The standard InChI is InChI=1S/C12H12N2.H2O4S/c1-13-7-3-11(4-8-13)12-5-9-14(2)10-6-12;1-5(2,3)4/h3-7,9H,1-2H3;(H2,1,2,3,4)/q+2;/p-2. The van der Waals surface area contributed by atoms with Gasteiger partial charge in [0.25, 0.3) is 0 Å². The van der Waals surface area contributed by atoms with Gasteiger partial charge in [-0.15, -0.1) is 0 Å². The smallest absolute Gasteiger partial charge is 0.153 e. The van der Waals surface area contributed by atoms with E-state index in [-0.39, 0.29) is 0 Å². The van der Waals surface area contributed by atoms with Gasteiger partial charge in [-0.3, -0.25) is 8.42 Å². The fraction of sp³-hybridized carbons (Fsp3) is 0.167. The third kappa shape index (κ3) is 6.47. The highest BCUT2D eigenvalue weighted by Gasteiger charge is 2.17. The summed E-state index contributed by atoms with van der Waals surface area (Å²) >= 11 is 0. The summed E-state index contributed by atoms with van der Waals surface area (Å²) in [6.45, 7) is 0. The molecule has 0 aromatic carbocycles. The Hall–Kier alpha value is -2.01. The molecular weight excluding hydrogens is 268 g/mol. The molecule has 0 saturated heterocycles. The number of hydrogen-bond donors (Lipinski definition) is 0. The van der Waals surface area contributed by atoms with Crippen molar-refractivity contribution in [3.05, 3.63) is 60.3 Å². The van der Waals surface area contributed by atoms with Crippen LogP contribution in [-0.4, -0.2) is 41.4 Å². The van der Waals surface area contributed by atoms with E-state index in [0.717, 1.165) is 0 Å². The molecule has 0 spiro atoms. The minimum atomic E-state index is -5.17. The normalized spacial score (nSPS) is 20.6. The van der Waals surface area contributed by atoms with E-state index in [1.165, 1.54) is 11.1 Å². The first-order valence-corrected chi connectivity index (χ1v) is 6.51. The maximum atomic E-state index is 8.52. The molecule has 0 bridgehead atoms. The predicted molar refractivity (Wildman–Crippen MR) is 66.9 cm³/mol. The minimum Gasteiger partial charge on any atom is -0.759 e. The molecule has 7 heteroatoms. The summed E-state index contributed by atoms with van der Waals surface area (Å²) in [7, 11) is -1.25. The van der Waals surface area contributed by atoms with Gasteiger partial charge in [-0.2, -0.15) is 0 Å². The highest BCUT2D eigenvalue weighted by atomic mass is 32.3. The van der Waals surface area contributed by atoms with Crippen LogP contribution in [0.15, 0.2) is 47.9 Å². The first-order valence-electron chi connectivity index (χ1n) is 5.17. The van der Waals surface area contributed by atoms with Gasteiger partial charge in [-0.25, -0.2) is 9.80 Å². The topological polar surface area (TPSA) is 86.7 Å². The molecule has 2 rings (SSSR count). The quantitative estimate of drug-likeness (QED) is 0.365. The van der Waals surface area contributed by atoms with Gasteiger partial charge in [0.1, 0.15) is 37.0 Å². The zero-order chi connectivity index (χ0) is 14.5. The summed E-state index contributed by atoms with van der Waals surface area (Å²) in [6, 6.07) is 0. The fourth-order valence-corrected chi connectivity index (χ4v) is 1.27. The van der Waals surface area contributed by atoms with Crippen molar-refractivity contribution in [2.24, 2.45) is 0 Å². The molecule has 6 nitrogen and oxygen atoms in total. The van der Waals surface area contributed by atoms with Crippen LogP contribution in [0.5, 0.6) is 0 Å². The van der Waals surface area contributed by atoms with Gasteiger partial charge in [0.15, 0.2) is 11.1 Å².